The second-order valence-electron chi connectivity index (χ2n) is 5.62. The number of aryl methyl sites for hydroxylation is 1. The Morgan fingerprint density at radius 3 is 2.80 bits per heavy atom. The first kappa shape index (κ1) is 17.4. The third-order valence-corrected chi connectivity index (χ3v) is 4.26. The molecule has 1 N–H and O–H groups in total. The van der Waals surface area contributed by atoms with Crippen LogP contribution in [0.2, 0.25) is 5.02 Å². The van der Waals surface area contributed by atoms with Gasteiger partial charge in [0.25, 0.3) is 5.91 Å². The number of nitrogens with zero attached hydrogens (tertiary/aromatic N) is 3. The van der Waals surface area contributed by atoms with Crippen molar-refractivity contribution in [2.45, 2.75) is 13.3 Å². The molecule has 3 aromatic rings. The van der Waals surface area contributed by atoms with Crippen LogP contribution in [0.4, 0.5) is 0 Å². The van der Waals surface area contributed by atoms with Gasteiger partial charge in [-0.15, -0.1) is 0 Å². The number of carbonyl (C=O) groups excluding carboxylic acids is 1. The second-order valence-corrected chi connectivity index (χ2v) is 6.00. The molecule has 0 bridgehead atoms. The summed E-state index contributed by atoms with van der Waals surface area (Å²) in [7, 11) is 1.63. The first-order chi connectivity index (χ1) is 12.1. The third kappa shape index (κ3) is 3.50. The molecule has 0 spiro atoms. The lowest BCUT2D eigenvalue weighted by Crippen LogP contribution is -2.25. The van der Waals surface area contributed by atoms with E-state index in [-0.39, 0.29) is 5.91 Å². The molecule has 1 amide bonds. The number of rotatable bonds is 6. The summed E-state index contributed by atoms with van der Waals surface area (Å²) in [6.45, 7) is 2.97. The summed E-state index contributed by atoms with van der Waals surface area (Å²) in [4.78, 5) is 16.8. The van der Waals surface area contributed by atoms with Crippen LogP contribution in [0.25, 0.3) is 16.7 Å². The lowest BCUT2D eigenvalue weighted by atomic mass is 10.2. The Morgan fingerprint density at radius 2 is 2.08 bits per heavy atom. The lowest BCUT2D eigenvalue weighted by molar-refractivity contribution is 0.0948. The number of para-hydroxylation sites is 1. The molecule has 0 aliphatic rings. The van der Waals surface area contributed by atoms with Gasteiger partial charge < -0.3 is 10.1 Å². The minimum absolute atomic E-state index is 0.248. The number of halogens is 1. The van der Waals surface area contributed by atoms with E-state index >= 15 is 0 Å². The number of methoxy groups -OCH3 is 1. The molecule has 0 radical (unpaired) electrons. The van der Waals surface area contributed by atoms with Crippen molar-refractivity contribution in [2.24, 2.45) is 0 Å². The molecule has 2 aromatic heterocycles. The van der Waals surface area contributed by atoms with Crippen molar-refractivity contribution in [2.75, 3.05) is 20.3 Å². The van der Waals surface area contributed by atoms with Crippen LogP contribution < -0.4 is 5.32 Å². The molecule has 2 heterocycles. The Kier molecular flexibility index (Phi) is 5.31. The summed E-state index contributed by atoms with van der Waals surface area (Å²) >= 11 is 6.50. The maximum absolute atomic E-state index is 12.4. The van der Waals surface area contributed by atoms with Gasteiger partial charge in [-0.1, -0.05) is 29.8 Å². The van der Waals surface area contributed by atoms with E-state index < -0.39 is 0 Å². The number of carbonyl (C=O) groups is 1. The van der Waals surface area contributed by atoms with Crippen LogP contribution in [0, 0.1) is 6.92 Å². The van der Waals surface area contributed by atoms with Gasteiger partial charge in [-0.3, -0.25) is 4.79 Å². The zero-order chi connectivity index (χ0) is 17.8. The predicted molar refractivity (Wildman–Crippen MR) is 97.4 cm³/mol. The summed E-state index contributed by atoms with van der Waals surface area (Å²) in [5, 5.41) is 8.42. The standard InChI is InChI=1S/C18H19ClN4O2/c1-12-15-16(19)14(18(24)20-9-6-10-25-2)11-21-17(15)23(22-12)13-7-4-3-5-8-13/h3-5,7-8,11H,6,9-10H2,1-2H3,(H,20,24). The molecule has 130 valence electrons. The summed E-state index contributed by atoms with van der Waals surface area (Å²) in [6, 6.07) is 9.69. The van der Waals surface area contributed by atoms with Crippen LogP contribution in [-0.4, -0.2) is 40.9 Å². The van der Waals surface area contributed by atoms with E-state index in [0.29, 0.717) is 34.8 Å². The number of hydrogen-bond acceptors (Lipinski definition) is 4. The van der Waals surface area contributed by atoms with E-state index in [0.717, 1.165) is 17.8 Å². The molecule has 0 aliphatic carbocycles. The molecular formula is C18H19ClN4O2. The average Bonchev–Trinajstić information content (AvgIpc) is 2.97. The fraction of sp³-hybridized carbons (Fsp3) is 0.278. The van der Waals surface area contributed by atoms with E-state index in [9.17, 15) is 4.79 Å². The average molecular weight is 359 g/mol. The number of hydrogen-bond donors (Lipinski definition) is 1. The smallest absolute Gasteiger partial charge is 0.254 e. The summed E-state index contributed by atoms with van der Waals surface area (Å²) in [5.41, 5.74) is 2.60. The highest BCUT2D eigenvalue weighted by Crippen LogP contribution is 2.29. The Bertz CT molecular complexity index is 893. The fourth-order valence-electron chi connectivity index (χ4n) is 2.63. The van der Waals surface area contributed by atoms with Crippen molar-refractivity contribution in [3.8, 4) is 5.69 Å². The quantitative estimate of drug-likeness (QED) is 0.687. The van der Waals surface area contributed by atoms with Crippen molar-refractivity contribution in [3.63, 3.8) is 0 Å². The van der Waals surface area contributed by atoms with Crippen molar-refractivity contribution >= 4 is 28.5 Å². The monoisotopic (exact) mass is 358 g/mol. The van der Waals surface area contributed by atoms with Gasteiger partial charge in [0, 0.05) is 26.5 Å². The minimum atomic E-state index is -0.248. The van der Waals surface area contributed by atoms with E-state index in [1.54, 1.807) is 11.8 Å². The van der Waals surface area contributed by atoms with Crippen LogP contribution in [0.5, 0.6) is 0 Å². The summed E-state index contributed by atoms with van der Waals surface area (Å²) in [6.07, 6.45) is 2.23. The molecule has 7 heteroatoms. The number of benzene rings is 1. The highest BCUT2D eigenvalue weighted by atomic mass is 35.5. The third-order valence-electron chi connectivity index (χ3n) is 3.86. The van der Waals surface area contributed by atoms with Crippen molar-refractivity contribution in [3.05, 3.63) is 52.8 Å². The Morgan fingerprint density at radius 1 is 1.32 bits per heavy atom. The predicted octanol–water partition coefficient (Wildman–Crippen LogP) is 3.15. The van der Waals surface area contributed by atoms with Gasteiger partial charge in [0.2, 0.25) is 0 Å². The number of aromatic nitrogens is 3. The Labute approximate surface area is 150 Å². The van der Waals surface area contributed by atoms with Gasteiger partial charge in [0.15, 0.2) is 5.65 Å². The Balaban J connectivity index is 1.95. The van der Waals surface area contributed by atoms with Gasteiger partial charge in [0.1, 0.15) is 0 Å². The van der Waals surface area contributed by atoms with Crippen LogP contribution in [-0.2, 0) is 4.74 Å². The fourth-order valence-corrected chi connectivity index (χ4v) is 2.99. The second kappa shape index (κ2) is 7.63. The summed E-state index contributed by atoms with van der Waals surface area (Å²) < 4.78 is 6.70. The van der Waals surface area contributed by atoms with Gasteiger partial charge in [-0.2, -0.15) is 5.10 Å². The molecular weight excluding hydrogens is 340 g/mol. The van der Waals surface area contributed by atoms with Crippen LogP contribution in [0.15, 0.2) is 36.5 Å². The van der Waals surface area contributed by atoms with E-state index in [1.165, 1.54) is 6.20 Å². The zero-order valence-corrected chi connectivity index (χ0v) is 14.9. The van der Waals surface area contributed by atoms with Crippen molar-refractivity contribution in [1.82, 2.24) is 20.1 Å². The van der Waals surface area contributed by atoms with E-state index in [4.69, 9.17) is 16.3 Å². The van der Waals surface area contributed by atoms with Crippen molar-refractivity contribution < 1.29 is 9.53 Å². The zero-order valence-electron chi connectivity index (χ0n) is 14.1. The molecule has 3 rings (SSSR count). The number of pyridine rings is 1. The number of amides is 1. The topological polar surface area (TPSA) is 69.0 Å². The minimum Gasteiger partial charge on any atom is -0.385 e. The van der Waals surface area contributed by atoms with E-state index in [1.807, 2.05) is 37.3 Å². The van der Waals surface area contributed by atoms with Crippen LogP contribution in [0.3, 0.4) is 0 Å². The van der Waals surface area contributed by atoms with Gasteiger partial charge in [-0.25, -0.2) is 9.67 Å². The molecule has 1 aromatic carbocycles. The number of fused-ring (bicyclic) bond motifs is 1. The normalized spacial score (nSPS) is 11.0. The highest BCUT2D eigenvalue weighted by Gasteiger charge is 2.19. The van der Waals surface area contributed by atoms with Gasteiger partial charge in [-0.05, 0) is 25.5 Å². The molecule has 0 atom stereocenters. The van der Waals surface area contributed by atoms with Crippen LogP contribution in [0.1, 0.15) is 22.5 Å². The molecule has 0 aliphatic heterocycles. The maximum Gasteiger partial charge on any atom is 0.254 e. The van der Waals surface area contributed by atoms with Gasteiger partial charge >= 0.3 is 0 Å². The molecule has 25 heavy (non-hydrogen) atoms. The molecule has 0 saturated heterocycles. The lowest BCUT2D eigenvalue weighted by Gasteiger charge is -2.08. The molecule has 6 nitrogen and oxygen atoms in total. The summed E-state index contributed by atoms with van der Waals surface area (Å²) in [5.74, 6) is -0.248. The van der Waals surface area contributed by atoms with E-state index in [2.05, 4.69) is 15.4 Å². The molecule has 0 saturated carbocycles. The first-order valence-corrected chi connectivity index (χ1v) is 8.37. The number of nitrogens with one attached hydrogen (secondary N) is 1. The number of ether oxygens (including phenoxy) is 1. The molecule has 0 fully saturated rings. The SMILES string of the molecule is COCCCNC(=O)c1cnc2c(c(C)nn2-c2ccccc2)c1Cl. The maximum atomic E-state index is 12.4. The largest absolute Gasteiger partial charge is 0.385 e. The van der Waals surface area contributed by atoms with Crippen LogP contribution >= 0.6 is 11.6 Å². The first-order valence-electron chi connectivity index (χ1n) is 8.00. The Hall–Kier alpha value is -2.44. The van der Waals surface area contributed by atoms with Gasteiger partial charge in [0.05, 0.1) is 27.4 Å². The van der Waals surface area contributed by atoms with Crippen molar-refractivity contribution in [1.29, 1.82) is 0 Å². The highest BCUT2D eigenvalue weighted by molar-refractivity contribution is 6.38. The molecule has 0 unspecified atom stereocenters.